The summed E-state index contributed by atoms with van der Waals surface area (Å²) in [5.74, 6) is 0.485. The number of hydrogen-bond acceptors (Lipinski definition) is 2. The van der Waals surface area contributed by atoms with Gasteiger partial charge >= 0.3 is 0 Å². The molecule has 0 saturated carbocycles. The monoisotopic (exact) mass is 246 g/mol. The summed E-state index contributed by atoms with van der Waals surface area (Å²) in [7, 11) is 1.97. The van der Waals surface area contributed by atoms with Gasteiger partial charge in [-0.1, -0.05) is 23.7 Å². The lowest BCUT2D eigenvalue weighted by Gasteiger charge is -1.98. The van der Waals surface area contributed by atoms with Crippen LogP contribution in [0.4, 0.5) is 5.82 Å². The molecule has 17 heavy (non-hydrogen) atoms. The number of nitrogens with zero attached hydrogens (tertiary/aromatic N) is 2. The number of benzene rings is 1. The Labute approximate surface area is 103 Å². The van der Waals surface area contributed by atoms with Crippen molar-refractivity contribution < 1.29 is 0 Å². The number of rotatable bonds is 1. The number of aryl methyl sites for hydroxylation is 1. The van der Waals surface area contributed by atoms with E-state index in [9.17, 15) is 0 Å². The van der Waals surface area contributed by atoms with Crippen molar-refractivity contribution in [3.63, 3.8) is 0 Å². The summed E-state index contributed by atoms with van der Waals surface area (Å²) in [6.45, 7) is 0. The molecule has 5 heteroatoms. The van der Waals surface area contributed by atoms with E-state index in [0.29, 0.717) is 5.82 Å². The molecule has 0 radical (unpaired) electrons. The quantitative estimate of drug-likeness (QED) is 0.694. The van der Waals surface area contributed by atoms with E-state index in [4.69, 9.17) is 17.3 Å². The second-order valence-electron chi connectivity index (χ2n) is 4.00. The Morgan fingerprint density at radius 3 is 2.94 bits per heavy atom. The molecule has 0 atom stereocenters. The van der Waals surface area contributed by atoms with Crippen LogP contribution in [-0.4, -0.2) is 14.8 Å². The number of aromatic nitrogens is 3. The lowest BCUT2D eigenvalue weighted by molar-refractivity contribution is 0.969. The van der Waals surface area contributed by atoms with Gasteiger partial charge in [0.05, 0.1) is 16.2 Å². The molecule has 0 aliphatic rings. The average Bonchev–Trinajstić information content (AvgIpc) is 2.84. The van der Waals surface area contributed by atoms with Gasteiger partial charge in [0.1, 0.15) is 5.82 Å². The summed E-state index contributed by atoms with van der Waals surface area (Å²) in [5.41, 5.74) is 8.58. The topological polar surface area (TPSA) is 59.6 Å². The number of nitrogens with two attached hydrogens (primary N) is 1. The van der Waals surface area contributed by atoms with E-state index in [-0.39, 0.29) is 0 Å². The summed E-state index contributed by atoms with van der Waals surface area (Å²) in [6, 6.07) is 7.67. The lowest BCUT2D eigenvalue weighted by atomic mass is 10.1. The molecule has 0 aliphatic carbocycles. The van der Waals surface area contributed by atoms with Crippen LogP contribution < -0.4 is 5.73 Å². The molecule has 4 nitrogen and oxygen atoms in total. The Hall–Kier alpha value is -1.94. The molecule has 1 aromatic carbocycles. The molecule has 3 rings (SSSR count). The number of para-hydroxylation sites is 1. The van der Waals surface area contributed by atoms with E-state index in [1.165, 1.54) is 0 Å². The number of halogens is 1. The largest absolute Gasteiger partial charge is 0.382 e. The van der Waals surface area contributed by atoms with Crippen LogP contribution >= 0.6 is 11.6 Å². The Morgan fingerprint density at radius 2 is 2.24 bits per heavy atom. The fourth-order valence-corrected chi connectivity index (χ4v) is 2.42. The van der Waals surface area contributed by atoms with Gasteiger partial charge in [-0.2, -0.15) is 5.10 Å². The first-order valence-electron chi connectivity index (χ1n) is 5.21. The average molecular weight is 247 g/mol. The molecule has 0 aliphatic heterocycles. The smallest absolute Gasteiger partial charge is 0.145 e. The number of nitrogens with one attached hydrogen (secondary N) is 1. The van der Waals surface area contributed by atoms with Gasteiger partial charge in [0, 0.05) is 30.3 Å². The van der Waals surface area contributed by atoms with Gasteiger partial charge in [0.25, 0.3) is 0 Å². The molecule has 0 unspecified atom stereocenters. The molecular weight excluding hydrogens is 236 g/mol. The number of anilines is 1. The van der Waals surface area contributed by atoms with Crippen LogP contribution in [0.2, 0.25) is 5.02 Å². The molecule has 0 fully saturated rings. The van der Waals surface area contributed by atoms with Crippen molar-refractivity contribution in [3.8, 4) is 11.3 Å². The first-order valence-corrected chi connectivity index (χ1v) is 5.59. The van der Waals surface area contributed by atoms with Crippen molar-refractivity contribution in [2.45, 2.75) is 0 Å². The minimum Gasteiger partial charge on any atom is -0.382 e. The number of aromatic amines is 1. The highest BCUT2D eigenvalue weighted by Crippen LogP contribution is 2.33. The number of hydrogen-bond donors (Lipinski definition) is 2. The van der Waals surface area contributed by atoms with Crippen molar-refractivity contribution in [2.75, 3.05) is 5.73 Å². The maximum Gasteiger partial charge on any atom is 0.145 e. The summed E-state index contributed by atoms with van der Waals surface area (Å²) in [4.78, 5) is 0. The summed E-state index contributed by atoms with van der Waals surface area (Å²) >= 11 is 6.20. The highest BCUT2D eigenvalue weighted by molar-refractivity contribution is 6.35. The normalized spacial score (nSPS) is 11.2. The number of H-pyrrole nitrogens is 1. The maximum absolute atomic E-state index is 6.20. The third-order valence-corrected chi connectivity index (χ3v) is 3.15. The Morgan fingerprint density at radius 1 is 1.41 bits per heavy atom. The first-order chi connectivity index (χ1) is 8.16. The second-order valence-corrected chi connectivity index (χ2v) is 4.40. The van der Waals surface area contributed by atoms with Crippen LogP contribution in [-0.2, 0) is 7.05 Å². The Balaban J connectivity index is 2.35. The van der Waals surface area contributed by atoms with E-state index >= 15 is 0 Å². The maximum atomic E-state index is 6.20. The van der Waals surface area contributed by atoms with E-state index < -0.39 is 0 Å². The van der Waals surface area contributed by atoms with Gasteiger partial charge in [0.2, 0.25) is 0 Å². The highest BCUT2D eigenvalue weighted by atomic mass is 35.5. The van der Waals surface area contributed by atoms with E-state index in [2.05, 4.69) is 10.2 Å². The van der Waals surface area contributed by atoms with Crippen molar-refractivity contribution >= 4 is 28.3 Å². The molecule has 2 aromatic heterocycles. The lowest BCUT2D eigenvalue weighted by Crippen LogP contribution is -1.83. The fraction of sp³-hybridized carbons (Fsp3) is 0.0833. The van der Waals surface area contributed by atoms with Crippen molar-refractivity contribution in [3.05, 3.63) is 35.5 Å². The minimum absolute atomic E-state index is 0.485. The van der Waals surface area contributed by atoms with Crippen LogP contribution in [0, 0.1) is 0 Å². The molecule has 0 saturated heterocycles. The van der Waals surface area contributed by atoms with Gasteiger partial charge in [0.15, 0.2) is 0 Å². The molecule has 0 bridgehead atoms. The van der Waals surface area contributed by atoms with E-state index in [1.807, 2.05) is 42.1 Å². The molecule has 2 heterocycles. The standard InChI is InChI=1S/C12H11ClN4/c1-17-6-8(10-5-11(14)16-15-10)7-3-2-4-9(13)12(7)17/h2-6H,1H3,(H3,14,15,16). The predicted molar refractivity (Wildman–Crippen MR) is 69.9 cm³/mol. The molecule has 86 valence electrons. The summed E-state index contributed by atoms with van der Waals surface area (Å²) < 4.78 is 2.00. The molecule has 0 spiro atoms. The summed E-state index contributed by atoms with van der Waals surface area (Å²) in [6.07, 6.45) is 2.02. The van der Waals surface area contributed by atoms with Gasteiger partial charge in [-0.3, -0.25) is 5.10 Å². The zero-order valence-corrected chi connectivity index (χ0v) is 9.99. The van der Waals surface area contributed by atoms with E-state index in [1.54, 1.807) is 0 Å². The van der Waals surface area contributed by atoms with Crippen LogP contribution in [0.25, 0.3) is 22.2 Å². The van der Waals surface area contributed by atoms with Crippen LogP contribution in [0.1, 0.15) is 0 Å². The Kier molecular flexibility index (Phi) is 2.12. The van der Waals surface area contributed by atoms with Gasteiger partial charge in [-0.15, -0.1) is 0 Å². The first kappa shape index (κ1) is 10.2. The van der Waals surface area contributed by atoms with Crippen LogP contribution in [0.15, 0.2) is 30.5 Å². The SMILES string of the molecule is Cn1cc(-c2cc(N)n[nH]2)c2cccc(Cl)c21. The van der Waals surface area contributed by atoms with Crippen molar-refractivity contribution in [1.82, 2.24) is 14.8 Å². The van der Waals surface area contributed by atoms with E-state index in [0.717, 1.165) is 27.2 Å². The third-order valence-electron chi connectivity index (χ3n) is 2.84. The fourth-order valence-electron chi connectivity index (χ4n) is 2.11. The number of nitrogen functional groups attached to an aromatic ring is 1. The second kappa shape index (κ2) is 3.53. The highest BCUT2D eigenvalue weighted by Gasteiger charge is 2.12. The Bertz CT molecular complexity index is 696. The van der Waals surface area contributed by atoms with Crippen LogP contribution in [0.5, 0.6) is 0 Å². The van der Waals surface area contributed by atoms with Crippen molar-refractivity contribution in [1.29, 1.82) is 0 Å². The molecule has 3 N–H and O–H groups in total. The summed E-state index contributed by atoms with van der Waals surface area (Å²) in [5, 5.41) is 8.68. The van der Waals surface area contributed by atoms with Gasteiger partial charge in [-0.25, -0.2) is 0 Å². The predicted octanol–water partition coefficient (Wildman–Crippen LogP) is 2.80. The molecule has 3 aromatic rings. The minimum atomic E-state index is 0.485. The van der Waals surface area contributed by atoms with Crippen LogP contribution in [0.3, 0.4) is 0 Å². The molecular formula is C12H11ClN4. The van der Waals surface area contributed by atoms with Gasteiger partial charge in [-0.05, 0) is 6.07 Å². The number of fused-ring (bicyclic) bond motifs is 1. The zero-order chi connectivity index (χ0) is 12.0. The van der Waals surface area contributed by atoms with Gasteiger partial charge < -0.3 is 10.3 Å². The third kappa shape index (κ3) is 1.49. The zero-order valence-electron chi connectivity index (χ0n) is 9.24. The molecule has 0 amide bonds. The van der Waals surface area contributed by atoms with Crippen molar-refractivity contribution in [2.24, 2.45) is 7.05 Å².